The topological polar surface area (TPSA) is 80.8 Å². The standard InChI is InChI=1S/C13H23NO5S/c1-3-8-14(11-7-9-20(17,18)10-11)12(15)5-6-13(16)19-4-2/h11H,3-10H2,1-2H3. The molecule has 0 aromatic carbocycles. The molecule has 1 rings (SSSR count). The molecule has 0 aromatic rings. The summed E-state index contributed by atoms with van der Waals surface area (Å²) < 4.78 is 27.8. The van der Waals surface area contributed by atoms with Gasteiger partial charge in [0.15, 0.2) is 9.84 Å². The molecule has 1 heterocycles. The van der Waals surface area contributed by atoms with Crippen molar-refractivity contribution >= 4 is 21.7 Å². The van der Waals surface area contributed by atoms with Gasteiger partial charge >= 0.3 is 5.97 Å². The molecule has 7 heteroatoms. The van der Waals surface area contributed by atoms with Crippen LogP contribution in [-0.2, 0) is 24.2 Å². The number of carbonyl (C=O) groups is 2. The van der Waals surface area contributed by atoms with Crippen LogP contribution in [0.2, 0.25) is 0 Å². The molecule has 1 aliphatic rings. The van der Waals surface area contributed by atoms with E-state index in [1.807, 2.05) is 6.92 Å². The van der Waals surface area contributed by atoms with Crippen molar-refractivity contribution in [1.29, 1.82) is 0 Å². The summed E-state index contributed by atoms with van der Waals surface area (Å²) in [4.78, 5) is 25.0. The van der Waals surface area contributed by atoms with Gasteiger partial charge in [-0.25, -0.2) is 8.42 Å². The van der Waals surface area contributed by atoms with E-state index in [1.165, 1.54) is 0 Å². The average Bonchev–Trinajstić information content (AvgIpc) is 2.73. The highest BCUT2D eigenvalue weighted by Crippen LogP contribution is 2.19. The first-order valence-electron chi connectivity index (χ1n) is 7.05. The summed E-state index contributed by atoms with van der Waals surface area (Å²) in [6.07, 6.45) is 1.39. The number of esters is 1. The third-order valence-electron chi connectivity index (χ3n) is 3.28. The van der Waals surface area contributed by atoms with Crippen LogP contribution in [0.4, 0.5) is 0 Å². The summed E-state index contributed by atoms with van der Waals surface area (Å²) >= 11 is 0. The molecule has 0 aromatic heterocycles. The first kappa shape index (κ1) is 16.9. The lowest BCUT2D eigenvalue weighted by molar-refractivity contribution is -0.146. The smallest absolute Gasteiger partial charge is 0.306 e. The minimum Gasteiger partial charge on any atom is -0.466 e. The molecule has 1 amide bonds. The van der Waals surface area contributed by atoms with Gasteiger partial charge in [-0.3, -0.25) is 9.59 Å². The van der Waals surface area contributed by atoms with Crippen LogP contribution in [0, 0.1) is 0 Å². The molecule has 0 aliphatic carbocycles. The SMILES string of the molecule is CCCN(C(=O)CCC(=O)OCC)C1CCS(=O)(=O)C1. The van der Waals surface area contributed by atoms with E-state index in [0.29, 0.717) is 19.6 Å². The van der Waals surface area contributed by atoms with Crippen LogP contribution >= 0.6 is 0 Å². The van der Waals surface area contributed by atoms with Crippen LogP contribution in [0.25, 0.3) is 0 Å². The van der Waals surface area contributed by atoms with Crippen molar-refractivity contribution < 1.29 is 22.7 Å². The fourth-order valence-corrected chi connectivity index (χ4v) is 4.09. The predicted octanol–water partition coefficient (Wildman–Crippen LogP) is 0.755. The number of nitrogens with zero attached hydrogens (tertiary/aromatic N) is 1. The molecule has 1 aliphatic heterocycles. The monoisotopic (exact) mass is 305 g/mol. The van der Waals surface area contributed by atoms with E-state index < -0.39 is 15.8 Å². The molecule has 0 radical (unpaired) electrons. The summed E-state index contributed by atoms with van der Waals surface area (Å²) in [5, 5.41) is 0. The second kappa shape index (κ2) is 7.61. The third-order valence-corrected chi connectivity index (χ3v) is 5.03. The minimum absolute atomic E-state index is 0.0398. The summed E-state index contributed by atoms with van der Waals surface area (Å²) in [6.45, 7) is 4.48. The van der Waals surface area contributed by atoms with Crippen molar-refractivity contribution in [1.82, 2.24) is 4.90 Å². The van der Waals surface area contributed by atoms with Crippen molar-refractivity contribution in [3.8, 4) is 0 Å². The van der Waals surface area contributed by atoms with E-state index in [1.54, 1.807) is 11.8 Å². The zero-order valence-electron chi connectivity index (χ0n) is 12.1. The van der Waals surface area contributed by atoms with Gasteiger partial charge in [0.2, 0.25) is 5.91 Å². The van der Waals surface area contributed by atoms with Gasteiger partial charge in [-0.2, -0.15) is 0 Å². The lowest BCUT2D eigenvalue weighted by Gasteiger charge is -2.27. The number of amides is 1. The van der Waals surface area contributed by atoms with Gasteiger partial charge in [-0.15, -0.1) is 0 Å². The van der Waals surface area contributed by atoms with Gasteiger partial charge < -0.3 is 9.64 Å². The van der Waals surface area contributed by atoms with Crippen molar-refractivity contribution in [2.45, 2.75) is 45.6 Å². The largest absolute Gasteiger partial charge is 0.466 e. The molecule has 6 nitrogen and oxygen atoms in total. The second-order valence-electron chi connectivity index (χ2n) is 4.95. The Kier molecular flexibility index (Phi) is 6.45. The molecule has 1 saturated heterocycles. The van der Waals surface area contributed by atoms with Gasteiger partial charge in [-0.05, 0) is 19.8 Å². The molecule has 0 N–H and O–H groups in total. The number of ether oxygens (including phenoxy) is 1. The average molecular weight is 305 g/mol. The maximum Gasteiger partial charge on any atom is 0.306 e. The number of sulfone groups is 1. The lowest BCUT2D eigenvalue weighted by atomic mass is 10.1. The summed E-state index contributed by atoms with van der Waals surface area (Å²) in [7, 11) is -3.02. The normalized spacial score (nSPS) is 20.6. The maximum absolute atomic E-state index is 12.2. The Balaban J connectivity index is 2.57. The second-order valence-corrected chi connectivity index (χ2v) is 7.18. The van der Waals surface area contributed by atoms with Gasteiger partial charge in [0, 0.05) is 19.0 Å². The Morgan fingerprint density at radius 2 is 1.95 bits per heavy atom. The van der Waals surface area contributed by atoms with Crippen LogP contribution in [0.5, 0.6) is 0 Å². The molecule has 0 spiro atoms. The molecule has 116 valence electrons. The number of carbonyl (C=O) groups excluding carboxylic acids is 2. The third kappa shape index (κ3) is 5.11. The highest BCUT2D eigenvalue weighted by molar-refractivity contribution is 7.91. The van der Waals surface area contributed by atoms with Crippen molar-refractivity contribution in [3.63, 3.8) is 0 Å². The molecular weight excluding hydrogens is 282 g/mol. The fraction of sp³-hybridized carbons (Fsp3) is 0.846. The Bertz CT molecular complexity index is 446. The van der Waals surface area contributed by atoms with Crippen molar-refractivity contribution in [2.24, 2.45) is 0 Å². The molecule has 1 atom stereocenters. The first-order valence-corrected chi connectivity index (χ1v) is 8.87. The maximum atomic E-state index is 12.2. The van der Waals surface area contributed by atoms with Crippen LogP contribution in [0.15, 0.2) is 0 Å². The van der Waals surface area contributed by atoms with Crippen LogP contribution < -0.4 is 0 Å². The van der Waals surface area contributed by atoms with Gasteiger partial charge in [0.05, 0.1) is 24.5 Å². The fourth-order valence-electron chi connectivity index (χ4n) is 2.36. The van der Waals surface area contributed by atoms with E-state index in [9.17, 15) is 18.0 Å². The molecule has 1 fully saturated rings. The van der Waals surface area contributed by atoms with E-state index >= 15 is 0 Å². The molecule has 0 saturated carbocycles. The molecular formula is C13H23NO5S. The van der Waals surface area contributed by atoms with Crippen LogP contribution in [0.1, 0.15) is 39.5 Å². The van der Waals surface area contributed by atoms with Crippen LogP contribution in [-0.4, -0.2) is 55.9 Å². The lowest BCUT2D eigenvalue weighted by Crippen LogP contribution is -2.41. The Labute approximate surface area is 120 Å². The Morgan fingerprint density at radius 1 is 1.25 bits per heavy atom. The van der Waals surface area contributed by atoms with Gasteiger partial charge in [0.1, 0.15) is 0 Å². The Morgan fingerprint density at radius 3 is 2.45 bits per heavy atom. The molecule has 0 bridgehead atoms. The molecule has 20 heavy (non-hydrogen) atoms. The highest BCUT2D eigenvalue weighted by Gasteiger charge is 2.34. The van der Waals surface area contributed by atoms with Gasteiger partial charge in [0.25, 0.3) is 0 Å². The van der Waals surface area contributed by atoms with E-state index in [4.69, 9.17) is 4.74 Å². The van der Waals surface area contributed by atoms with Crippen molar-refractivity contribution in [2.75, 3.05) is 24.7 Å². The minimum atomic E-state index is -3.02. The van der Waals surface area contributed by atoms with Crippen LogP contribution in [0.3, 0.4) is 0 Å². The quantitative estimate of drug-likeness (QED) is 0.649. The summed E-state index contributed by atoms with van der Waals surface area (Å²) in [5.41, 5.74) is 0. The Hall–Kier alpha value is -1.11. The van der Waals surface area contributed by atoms with Gasteiger partial charge in [-0.1, -0.05) is 6.92 Å². The van der Waals surface area contributed by atoms with E-state index in [2.05, 4.69) is 0 Å². The zero-order valence-corrected chi connectivity index (χ0v) is 12.9. The highest BCUT2D eigenvalue weighted by atomic mass is 32.2. The summed E-state index contributed by atoms with van der Waals surface area (Å²) in [5.74, 6) is -0.375. The number of hydrogen-bond acceptors (Lipinski definition) is 5. The summed E-state index contributed by atoms with van der Waals surface area (Å²) in [6, 6.07) is -0.241. The zero-order chi connectivity index (χ0) is 15.2. The van der Waals surface area contributed by atoms with E-state index in [-0.39, 0.29) is 36.3 Å². The first-order chi connectivity index (χ1) is 9.39. The number of hydrogen-bond donors (Lipinski definition) is 0. The van der Waals surface area contributed by atoms with E-state index in [0.717, 1.165) is 6.42 Å². The van der Waals surface area contributed by atoms with Crippen molar-refractivity contribution in [3.05, 3.63) is 0 Å². The number of rotatable bonds is 7. The predicted molar refractivity (Wildman–Crippen MR) is 74.9 cm³/mol. The molecule has 1 unspecified atom stereocenters.